The van der Waals surface area contributed by atoms with Crippen molar-refractivity contribution in [1.82, 2.24) is 10.3 Å². The number of hydrogen-bond acceptors (Lipinski definition) is 5. The first-order chi connectivity index (χ1) is 12.1. The molecule has 1 fully saturated rings. The van der Waals surface area contributed by atoms with Gasteiger partial charge in [0.05, 0.1) is 24.6 Å². The molecular formula is C19H24N2O4. The second-order valence-corrected chi connectivity index (χ2v) is 6.57. The van der Waals surface area contributed by atoms with Crippen LogP contribution in [0.4, 0.5) is 0 Å². The van der Waals surface area contributed by atoms with Crippen LogP contribution >= 0.6 is 0 Å². The molecule has 6 heteroatoms. The van der Waals surface area contributed by atoms with Gasteiger partial charge in [-0.25, -0.2) is 0 Å². The number of aliphatic carboxylic acids is 1. The van der Waals surface area contributed by atoms with Crippen molar-refractivity contribution < 1.29 is 19.7 Å². The maximum atomic E-state index is 11.4. The summed E-state index contributed by atoms with van der Waals surface area (Å²) in [6.07, 6.45) is 3.09. The summed E-state index contributed by atoms with van der Waals surface area (Å²) in [5.74, 6) is -0.324. The molecule has 3 rings (SSSR count). The molecule has 0 spiro atoms. The Balaban J connectivity index is 1.75. The van der Waals surface area contributed by atoms with Crippen LogP contribution in [0.5, 0.6) is 5.75 Å². The average molecular weight is 344 g/mol. The highest BCUT2D eigenvalue weighted by atomic mass is 16.5. The Morgan fingerprint density at radius 1 is 1.44 bits per heavy atom. The number of carboxylic acids is 1. The molecule has 0 saturated carbocycles. The number of aliphatic hydroxyl groups is 1. The van der Waals surface area contributed by atoms with Crippen LogP contribution in [-0.2, 0) is 4.79 Å². The summed E-state index contributed by atoms with van der Waals surface area (Å²) >= 11 is 0. The number of rotatable bonds is 6. The number of methoxy groups -OCH3 is 1. The molecule has 3 atom stereocenters. The first-order valence-electron chi connectivity index (χ1n) is 8.64. The molecule has 0 aliphatic carbocycles. The summed E-state index contributed by atoms with van der Waals surface area (Å²) in [5.41, 5.74) is 1.62. The van der Waals surface area contributed by atoms with Crippen LogP contribution in [0.15, 0.2) is 30.5 Å². The number of hydrogen-bond donors (Lipinski definition) is 3. The largest absolute Gasteiger partial charge is 0.497 e. The first-order valence-corrected chi connectivity index (χ1v) is 8.64. The lowest BCUT2D eigenvalue weighted by molar-refractivity contribution is -0.144. The fourth-order valence-corrected chi connectivity index (χ4v) is 3.64. The van der Waals surface area contributed by atoms with Crippen molar-refractivity contribution in [2.75, 3.05) is 20.2 Å². The number of nitrogens with zero attached hydrogens (tertiary/aromatic N) is 1. The van der Waals surface area contributed by atoms with Crippen molar-refractivity contribution in [3.8, 4) is 5.75 Å². The van der Waals surface area contributed by atoms with Gasteiger partial charge in [0.15, 0.2) is 0 Å². The number of pyridine rings is 1. The lowest BCUT2D eigenvalue weighted by Gasteiger charge is -2.30. The number of nitrogens with one attached hydrogen (secondary N) is 1. The van der Waals surface area contributed by atoms with Crippen LogP contribution in [0.3, 0.4) is 0 Å². The van der Waals surface area contributed by atoms with Gasteiger partial charge in [-0.3, -0.25) is 9.78 Å². The third kappa shape index (κ3) is 3.91. The van der Waals surface area contributed by atoms with Crippen LogP contribution in [0.25, 0.3) is 10.9 Å². The summed E-state index contributed by atoms with van der Waals surface area (Å²) in [6.45, 7) is 1.34. The Morgan fingerprint density at radius 3 is 3.04 bits per heavy atom. The molecule has 25 heavy (non-hydrogen) atoms. The summed E-state index contributed by atoms with van der Waals surface area (Å²) in [5, 5.41) is 24.1. The molecule has 1 aromatic carbocycles. The number of benzene rings is 1. The van der Waals surface area contributed by atoms with E-state index in [4.69, 9.17) is 4.74 Å². The Labute approximate surface area is 146 Å². The Kier molecular flexibility index (Phi) is 5.50. The van der Waals surface area contributed by atoms with Gasteiger partial charge < -0.3 is 20.3 Å². The second kappa shape index (κ2) is 7.80. The SMILES string of the molecule is COc1ccc2nccc([C@@H](O)CCC3CCNCC3C(=O)O)c2c1. The highest BCUT2D eigenvalue weighted by Gasteiger charge is 2.31. The highest BCUT2D eigenvalue weighted by Crippen LogP contribution is 2.32. The summed E-state index contributed by atoms with van der Waals surface area (Å²) < 4.78 is 5.27. The average Bonchev–Trinajstić information content (AvgIpc) is 2.65. The Bertz CT molecular complexity index is 749. The normalized spacial score (nSPS) is 21.8. The zero-order valence-corrected chi connectivity index (χ0v) is 14.3. The number of carbonyl (C=O) groups is 1. The zero-order chi connectivity index (χ0) is 17.8. The van der Waals surface area contributed by atoms with Gasteiger partial charge >= 0.3 is 5.97 Å². The van der Waals surface area contributed by atoms with Gasteiger partial charge in [0.1, 0.15) is 5.75 Å². The molecular weight excluding hydrogens is 320 g/mol. The summed E-state index contributed by atoms with van der Waals surface area (Å²) in [6, 6.07) is 7.42. The Morgan fingerprint density at radius 2 is 2.28 bits per heavy atom. The molecule has 1 aliphatic rings. The van der Waals surface area contributed by atoms with Crippen LogP contribution in [0, 0.1) is 11.8 Å². The number of aliphatic hydroxyl groups excluding tert-OH is 1. The molecule has 0 amide bonds. The third-order valence-corrected chi connectivity index (χ3v) is 5.09. The molecule has 2 heterocycles. The van der Waals surface area contributed by atoms with Gasteiger partial charge in [0.25, 0.3) is 0 Å². The minimum absolute atomic E-state index is 0.0936. The number of piperidine rings is 1. The fourth-order valence-electron chi connectivity index (χ4n) is 3.64. The summed E-state index contributed by atoms with van der Waals surface area (Å²) in [7, 11) is 1.61. The zero-order valence-electron chi connectivity index (χ0n) is 14.3. The number of fused-ring (bicyclic) bond motifs is 1. The van der Waals surface area contributed by atoms with Crippen molar-refractivity contribution in [2.45, 2.75) is 25.4 Å². The minimum Gasteiger partial charge on any atom is -0.497 e. The molecule has 2 unspecified atom stereocenters. The minimum atomic E-state index is -0.759. The van der Waals surface area contributed by atoms with E-state index in [-0.39, 0.29) is 11.8 Å². The number of aromatic nitrogens is 1. The highest BCUT2D eigenvalue weighted by molar-refractivity contribution is 5.83. The van der Waals surface area contributed by atoms with E-state index in [0.29, 0.717) is 19.4 Å². The van der Waals surface area contributed by atoms with Gasteiger partial charge in [-0.05, 0) is 61.6 Å². The lowest BCUT2D eigenvalue weighted by atomic mass is 9.82. The van der Waals surface area contributed by atoms with Crippen molar-refractivity contribution >= 4 is 16.9 Å². The molecule has 3 N–H and O–H groups in total. The number of ether oxygens (including phenoxy) is 1. The molecule has 0 bridgehead atoms. The third-order valence-electron chi connectivity index (χ3n) is 5.09. The van der Waals surface area contributed by atoms with Crippen molar-refractivity contribution in [2.24, 2.45) is 11.8 Å². The van der Waals surface area contributed by atoms with Gasteiger partial charge in [-0.15, -0.1) is 0 Å². The van der Waals surface area contributed by atoms with E-state index in [0.717, 1.165) is 35.2 Å². The molecule has 6 nitrogen and oxygen atoms in total. The molecule has 1 aliphatic heterocycles. The van der Waals surface area contributed by atoms with E-state index in [1.165, 1.54) is 0 Å². The first kappa shape index (κ1) is 17.6. The smallest absolute Gasteiger partial charge is 0.308 e. The Hall–Kier alpha value is -2.18. The van der Waals surface area contributed by atoms with Crippen molar-refractivity contribution in [3.63, 3.8) is 0 Å². The standard InChI is InChI=1S/C19H24N2O4/c1-25-13-3-4-17-15(10-13)14(7-9-21-17)18(22)5-2-12-6-8-20-11-16(12)19(23)24/h3-4,7,9-10,12,16,18,20,22H,2,5-6,8,11H2,1H3,(H,23,24)/t12?,16?,18-/m0/s1. The van der Waals surface area contributed by atoms with Crippen LogP contribution in [0.2, 0.25) is 0 Å². The van der Waals surface area contributed by atoms with Crippen LogP contribution < -0.4 is 10.1 Å². The van der Waals surface area contributed by atoms with Crippen molar-refractivity contribution in [3.05, 3.63) is 36.0 Å². The lowest BCUT2D eigenvalue weighted by Crippen LogP contribution is -2.40. The number of carboxylic acid groups (broad SMARTS) is 1. The molecule has 134 valence electrons. The topological polar surface area (TPSA) is 91.7 Å². The maximum Gasteiger partial charge on any atom is 0.308 e. The molecule has 1 aromatic heterocycles. The van der Waals surface area contributed by atoms with E-state index < -0.39 is 12.1 Å². The maximum absolute atomic E-state index is 11.4. The van der Waals surface area contributed by atoms with E-state index in [1.807, 2.05) is 24.3 Å². The van der Waals surface area contributed by atoms with E-state index in [2.05, 4.69) is 10.3 Å². The monoisotopic (exact) mass is 344 g/mol. The fraction of sp³-hybridized carbons (Fsp3) is 0.474. The molecule has 1 saturated heterocycles. The quantitative estimate of drug-likeness (QED) is 0.745. The van der Waals surface area contributed by atoms with Gasteiger partial charge in [0, 0.05) is 18.1 Å². The molecule has 2 aromatic rings. The predicted octanol–water partition coefficient (Wildman–Crippen LogP) is 2.37. The predicted molar refractivity (Wildman–Crippen MR) is 94.6 cm³/mol. The van der Waals surface area contributed by atoms with E-state index in [9.17, 15) is 15.0 Å². The molecule has 0 radical (unpaired) electrons. The van der Waals surface area contributed by atoms with Crippen LogP contribution in [0.1, 0.15) is 30.9 Å². The summed E-state index contributed by atoms with van der Waals surface area (Å²) in [4.78, 5) is 15.7. The van der Waals surface area contributed by atoms with Crippen LogP contribution in [-0.4, -0.2) is 41.4 Å². The van der Waals surface area contributed by atoms with E-state index >= 15 is 0 Å². The van der Waals surface area contributed by atoms with Gasteiger partial charge in [-0.1, -0.05) is 0 Å². The van der Waals surface area contributed by atoms with Gasteiger partial charge in [0.2, 0.25) is 0 Å². The van der Waals surface area contributed by atoms with E-state index in [1.54, 1.807) is 13.3 Å². The van der Waals surface area contributed by atoms with Gasteiger partial charge in [-0.2, -0.15) is 0 Å². The second-order valence-electron chi connectivity index (χ2n) is 6.57. The van der Waals surface area contributed by atoms with Crippen molar-refractivity contribution in [1.29, 1.82) is 0 Å².